The van der Waals surface area contributed by atoms with Gasteiger partial charge in [-0.2, -0.15) is 5.10 Å². The summed E-state index contributed by atoms with van der Waals surface area (Å²) in [5, 5.41) is 7.81. The summed E-state index contributed by atoms with van der Waals surface area (Å²) in [5.74, 6) is 0.0380. The van der Waals surface area contributed by atoms with Crippen molar-refractivity contribution in [2.45, 2.75) is 25.6 Å². The monoisotopic (exact) mass is 318 g/mol. The van der Waals surface area contributed by atoms with Crippen LogP contribution in [-0.2, 0) is 17.9 Å². The van der Waals surface area contributed by atoms with Gasteiger partial charge in [-0.25, -0.2) is 0 Å². The second-order valence-electron chi connectivity index (χ2n) is 5.60. The van der Waals surface area contributed by atoms with Crippen molar-refractivity contribution in [3.8, 4) is 0 Å². The van der Waals surface area contributed by atoms with Crippen LogP contribution in [0.3, 0.4) is 0 Å². The summed E-state index contributed by atoms with van der Waals surface area (Å²) in [6, 6.07) is 9.99. The Morgan fingerprint density at radius 3 is 3.09 bits per heavy atom. The number of halogens is 1. The highest BCUT2D eigenvalue weighted by molar-refractivity contribution is 6.30. The van der Waals surface area contributed by atoms with Crippen LogP contribution in [-0.4, -0.2) is 34.2 Å². The highest BCUT2D eigenvalue weighted by atomic mass is 35.5. The van der Waals surface area contributed by atoms with Gasteiger partial charge in [0.1, 0.15) is 0 Å². The molecule has 1 atom stereocenters. The summed E-state index contributed by atoms with van der Waals surface area (Å²) >= 11 is 6.06. The second-order valence-corrected chi connectivity index (χ2v) is 6.03. The molecule has 0 saturated carbocycles. The molecule has 0 saturated heterocycles. The lowest BCUT2D eigenvalue weighted by molar-refractivity contribution is -0.121. The number of fused-ring (bicyclic) bond motifs is 1. The lowest BCUT2D eigenvalue weighted by atomic mass is 10.1. The number of benzene rings is 1. The minimum atomic E-state index is 0.0380. The van der Waals surface area contributed by atoms with Crippen molar-refractivity contribution in [1.82, 2.24) is 20.0 Å². The summed E-state index contributed by atoms with van der Waals surface area (Å²) in [6.07, 6.45) is 2.24. The molecule has 1 aromatic heterocycles. The third-order valence-corrected chi connectivity index (χ3v) is 4.18. The molecule has 0 radical (unpaired) electrons. The molecule has 0 aliphatic carbocycles. The first-order valence-corrected chi connectivity index (χ1v) is 7.73. The van der Waals surface area contributed by atoms with Crippen molar-refractivity contribution in [2.24, 2.45) is 0 Å². The standard InChI is InChI=1S/C16H19ClN4O/c1-18-16(22)8-15-11-20(10-14-5-6-19-21(14)15)9-12-3-2-4-13(17)7-12/h2-7,15H,8-11H2,1H3,(H,18,22)/t15-/m1/s1. The van der Waals surface area contributed by atoms with Crippen molar-refractivity contribution in [3.05, 3.63) is 52.8 Å². The molecule has 1 amide bonds. The summed E-state index contributed by atoms with van der Waals surface area (Å²) in [7, 11) is 1.67. The van der Waals surface area contributed by atoms with Gasteiger partial charge in [0.15, 0.2) is 0 Å². The summed E-state index contributed by atoms with van der Waals surface area (Å²) in [5.41, 5.74) is 2.32. The lowest BCUT2D eigenvalue weighted by Gasteiger charge is -2.33. The zero-order chi connectivity index (χ0) is 15.5. The van der Waals surface area contributed by atoms with E-state index in [1.807, 2.05) is 28.9 Å². The quantitative estimate of drug-likeness (QED) is 0.940. The number of nitrogens with one attached hydrogen (secondary N) is 1. The Hall–Kier alpha value is -1.85. The average molecular weight is 319 g/mol. The normalized spacial score (nSPS) is 18.0. The molecule has 1 aromatic carbocycles. The Balaban J connectivity index is 1.76. The lowest BCUT2D eigenvalue weighted by Crippen LogP contribution is -2.39. The van der Waals surface area contributed by atoms with Gasteiger partial charge < -0.3 is 5.32 Å². The van der Waals surface area contributed by atoms with Crippen molar-refractivity contribution in [3.63, 3.8) is 0 Å². The molecular formula is C16H19ClN4O. The topological polar surface area (TPSA) is 50.2 Å². The molecule has 6 heteroatoms. The predicted octanol–water partition coefficient (Wildman–Crippen LogP) is 2.23. The first-order chi connectivity index (χ1) is 10.7. The van der Waals surface area contributed by atoms with Gasteiger partial charge in [-0.3, -0.25) is 14.4 Å². The van der Waals surface area contributed by atoms with Crippen LogP contribution in [0.15, 0.2) is 36.5 Å². The van der Waals surface area contributed by atoms with E-state index in [0.29, 0.717) is 6.42 Å². The molecule has 22 heavy (non-hydrogen) atoms. The Kier molecular flexibility index (Phi) is 4.45. The van der Waals surface area contributed by atoms with E-state index in [1.54, 1.807) is 13.2 Å². The fraction of sp³-hybridized carbons (Fsp3) is 0.375. The Morgan fingerprint density at radius 1 is 1.45 bits per heavy atom. The van der Waals surface area contributed by atoms with Gasteiger partial charge in [0.25, 0.3) is 0 Å². The largest absolute Gasteiger partial charge is 0.359 e. The van der Waals surface area contributed by atoms with Gasteiger partial charge in [0.2, 0.25) is 5.91 Å². The fourth-order valence-electron chi connectivity index (χ4n) is 2.95. The Morgan fingerprint density at radius 2 is 2.32 bits per heavy atom. The third-order valence-electron chi connectivity index (χ3n) is 3.95. The molecule has 1 N–H and O–H groups in total. The Labute approximate surface area is 134 Å². The first-order valence-electron chi connectivity index (χ1n) is 7.35. The van der Waals surface area contributed by atoms with Crippen LogP contribution in [0.2, 0.25) is 5.02 Å². The summed E-state index contributed by atoms with van der Waals surface area (Å²) in [6.45, 7) is 2.45. The number of carbonyl (C=O) groups is 1. The minimum Gasteiger partial charge on any atom is -0.359 e. The zero-order valence-corrected chi connectivity index (χ0v) is 13.3. The van der Waals surface area contributed by atoms with Crippen LogP contribution in [0, 0.1) is 0 Å². The van der Waals surface area contributed by atoms with Gasteiger partial charge in [0, 0.05) is 37.9 Å². The van der Waals surface area contributed by atoms with E-state index in [1.165, 1.54) is 5.56 Å². The van der Waals surface area contributed by atoms with Crippen LogP contribution in [0.5, 0.6) is 0 Å². The van der Waals surface area contributed by atoms with Crippen LogP contribution >= 0.6 is 11.6 Å². The molecule has 3 rings (SSSR count). The molecule has 1 aliphatic heterocycles. The molecule has 0 spiro atoms. The van der Waals surface area contributed by atoms with E-state index in [9.17, 15) is 4.79 Å². The number of rotatable bonds is 4. The molecule has 0 unspecified atom stereocenters. The average Bonchev–Trinajstić information content (AvgIpc) is 2.95. The van der Waals surface area contributed by atoms with Crippen molar-refractivity contribution < 1.29 is 4.79 Å². The molecule has 0 fully saturated rings. The fourth-order valence-corrected chi connectivity index (χ4v) is 3.16. The van der Waals surface area contributed by atoms with Gasteiger partial charge in [-0.05, 0) is 23.8 Å². The maximum atomic E-state index is 11.7. The number of carbonyl (C=O) groups excluding carboxylic acids is 1. The number of amides is 1. The van der Waals surface area contributed by atoms with Crippen LogP contribution < -0.4 is 5.32 Å². The molecule has 2 heterocycles. The number of aromatic nitrogens is 2. The van der Waals surface area contributed by atoms with E-state index < -0.39 is 0 Å². The molecule has 2 aromatic rings. The van der Waals surface area contributed by atoms with Crippen molar-refractivity contribution in [2.75, 3.05) is 13.6 Å². The summed E-state index contributed by atoms with van der Waals surface area (Å²) < 4.78 is 1.98. The number of hydrogen-bond acceptors (Lipinski definition) is 3. The van der Waals surface area contributed by atoms with E-state index in [2.05, 4.69) is 21.4 Å². The van der Waals surface area contributed by atoms with Crippen LogP contribution in [0.4, 0.5) is 0 Å². The van der Waals surface area contributed by atoms with Gasteiger partial charge >= 0.3 is 0 Å². The van der Waals surface area contributed by atoms with E-state index in [-0.39, 0.29) is 11.9 Å². The second kappa shape index (κ2) is 6.50. The minimum absolute atomic E-state index is 0.0380. The Bertz CT molecular complexity index is 670. The molecule has 0 bridgehead atoms. The van der Waals surface area contributed by atoms with Crippen LogP contribution in [0.25, 0.3) is 0 Å². The zero-order valence-electron chi connectivity index (χ0n) is 12.5. The van der Waals surface area contributed by atoms with Crippen molar-refractivity contribution in [1.29, 1.82) is 0 Å². The summed E-state index contributed by atoms with van der Waals surface area (Å²) in [4.78, 5) is 14.1. The number of hydrogen-bond donors (Lipinski definition) is 1. The molecule has 1 aliphatic rings. The maximum Gasteiger partial charge on any atom is 0.221 e. The van der Waals surface area contributed by atoms with Gasteiger partial charge in [0.05, 0.1) is 18.2 Å². The van der Waals surface area contributed by atoms with Gasteiger partial charge in [-0.15, -0.1) is 0 Å². The number of nitrogens with zero attached hydrogens (tertiary/aromatic N) is 3. The van der Waals surface area contributed by atoms with Gasteiger partial charge in [-0.1, -0.05) is 23.7 Å². The molecule has 116 valence electrons. The SMILES string of the molecule is CNC(=O)C[C@@H]1CN(Cc2cccc(Cl)c2)Cc2ccnn21. The predicted molar refractivity (Wildman–Crippen MR) is 85.5 cm³/mol. The third kappa shape index (κ3) is 3.31. The molecule has 5 nitrogen and oxygen atoms in total. The van der Waals surface area contributed by atoms with E-state index in [0.717, 1.165) is 30.4 Å². The van der Waals surface area contributed by atoms with Crippen molar-refractivity contribution >= 4 is 17.5 Å². The smallest absolute Gasteiger partial charge is 0.221 e. The van der Waals surface area contributed by atoms with E-state index in [4.69, 9.17) is 11.6 Å². The van der Waals surface area contributed by atoms with E-state index >= 15 is 0 Å². The van der Waals surface area contributed by atoms with Crippen LogP contribution in [0.1, 0.15) is 23.7 Å². The first kappa shape index (κ1) is 15.1. The maximum absolute atomic E-state index is 11.7. The molecular weight excluding hydrogens is 300 g/mol. The highest BCUT2D eigenvalue weighted by Crippen LogP contribution is 2.24. The highest BCUT2D eigenvalue weighted by Gasteiger charge is 2.27.